The predicted octanol–water partition coefficient (Wildman–Crippen LogP) is 18.5. The average molecular weight is 1150 g/mol. The Balaban J connectivity index is 0.00000602. The van der Waals surface area contributed by atoms with E-state index in [1.807, 2.05) is 24.4 Å². The molecule has 11 aromatic rings. The number of anilines is 4. The number of nitrogens with zero attached hydrogens (tertiary/aromatic N) is 4. The summed E-state index contributed by atoms with van der Waals surface area (Å²) < 4.78 is 9.00. The first-order valence-corrected chi connectivity index (χ1v) is 25.5. The zero-order chi connectivity index (χ0) is 50.7. The van der Waals surface area contributed by atoms with Crippen molar-refractivity contribution in [3.05, 3.63) is 248 Å². The minimum absolute atomic E-state index is 0. The summed E-state index contributed by atoms with van der Waals surface area (Å²) in [5, 5.41) is 2.20. The molecule has 0 amide bonds. The molecule has 0 unspecified atom stereocenters. The molecular formula is C69H57N4OPt-3. The van der Waals surface area contributed by atoms with Gasteiger partial charge in [-0.15, -0.1) is 48.1 Å². The molecule has 75 heavy (non-hydrogen) atoms. The number of ether oxygens (including phenoxy) is 1. The first kappa shape index (κ1) is 49.2. The third-order valence-electron chi connectivity index (χ3n) is 14.3. The third kappa shape index (κ3) is 9.36. The molecule has 1 aliphatic rings. The maximum atomic E-state index is 6.77. The van der Waals surface area contributed by atoms with Crippen LogP contribution in [-0.2, 0) is 31.9 Å². The Kier molecular flexibility index (Phi) is 12.9. The minimum Gasteiger partial charge on any atom is -0.509 e. The Morgan fingerprint density at radius 3 is 1.84 bits per heavy atom. The summed E-state index contributed by atoms with van der Waals surface area (Å²) >= 11 is 0. The molecule has 12 rings (SSSR count). The van der Waals surface area contributed by atoms with Gasteiger partial charge in [-0.05, 0) is 92.4 Å². The van der Waals surface area contributed by atoms with Gasteiger partial charge in [-0.2, -0.15) is 12.1 Å². The molecule has 0 atom stereocenters. The summed E-state index contributed by atoms with van der Waals surface area (Å²) in [5.74, 6) is 2.00. The normalized spacial score (nSPS) is 12.5. The fourth-order valence-electron chi connectivity index (χ4n) is 10.5. The molecule has 9 aromatic carbocycles. The Morgan fingerprint density at radius 2 is 1.09 bits per heavy atom. The monoisotopic (exact) mass is 1150 g/mol. The fraction of sp³-hybridized carbons (Fsp3) is 0.130. The molecule has 0 saturated heterocycles. The molecule has 0 fully saturated rings. The first-order valence-electron chi connectivity index (χ1n) is 25.5. The smallest absolute Gasteiger partial charge is 0.135 e. The van der Waals surface area contributed by atoms with Crippen LogP contribution in [0.3, 0.4) is 0 Å². The topological polar surface area (TPSA) is 33.5 Å². The third-order valence-corrected chi connectivity index (χ3v) is 14.3. The van der Waals surface area contributed by atoms with Crippen LogP contribution in [0.1, 0.15) is 58.2 Å². The van der Waals surface area contributed by atoms with Crippen molar-refractivity contribution in [2.24, 2.45) is 0 Å². The second-order valence-electron chi connectivity index (χ2n) is 21.5. The molecule has 372 valence electrons. The van der Waals surface area contributed by atoms with Crippen molar-refractivity contribution in [1.82, 2.24) is 9.55 Å². The van der Waals surface area contributed by atoms with Crippen LogP contribution in [0.4, 0.5) is 22.7 Å². The van der Waals surface area contributed by atoms with Crippen molar-refractivity contribution in [2.75, 3.05) is 9.80 Å². The zero-order valence-electron chi connectivity index (χ0n) is 43.3. The van der Waals surface area contributed by atoms with Gasteiger partial charge in [-0.3, -0.25) is 0 Å². The number of fused-ring (bicyclic) bond motifs is 4. The minimum atomic E-state index is -0.141. The number of benzene rings is 9. The van der Waals surface area contributed by atoms with Gasteiger partial charge in [-0.25, -0.2) is 4.98 Å². The van der Waals surface area contributed by atoms with Gasteiger partial charge in [0, 0.05) is 78.0 Å². The van der Waals surface area contributed by atoms with Crippen LogP contribution in [0.5, 0.6) is 11.5 Å². The summed E-state index contributed by atoms with van der Waals surface area (Å²) in [6, 6.07) is 80.9. The van der Waals surface area contributed by atoms with E-state index in [-0.39, 0.29) is 31.9 Å². The number of hydrogen-bond donors (Lipinski definition) is 0. The van der Waals surface area contributed by atoms with Crippen molar-refractivity contribution in [3.8, 4) is 61.8 Å². The van der Waals surface area contributed by atoms with E-state index in [2.05, 4.69) is 270 Å². The van der Waals surface area contributed by atoms with Crippen LogP contribution in [-0.4, -0.2) is 9.55 Å². The van der Waals surface area contributed by atoms with Crippen LogP contribution in [0, 0.1) is 25.7 Å². The molecule has 0 bridgehead atoms. The molecule has 1 aliphatic heterocycles. The van der Waals surface area contributed by atoms with Crippen molar-refractivity contribution < 1.29 is 25.8 Å². The summed E-state index contributed by atoms with van der Waals surface area (Å²) in [4.78, 5) is 9.73. The zero-order valence-corrected chi connectivity index (χ0v) is 45.6. The molecule has 2 aromatic heterocycles. The molecule has 0 radical (unpaired) electrons. The van der Waals surface area contributed by atoms with Crippen molar-refractivity contribution in [2.45, 2.75) is 59.3 Å². The maximum absolute atomic E-state index is 6.77. The molecule has 5 nitrogen and oxygen atoms in total. The fourth-order valence-corrected chi connectivity index (χ4v) is 10.5. The van der Waals surface area contributed by atoms with Gasteiger partial charge in [-0.1, -0.05) is 198 Å². The quantitative estimate of drug-likeness (QED) is 0.135. The van der Waals surface area contributed by atoms with Gasteiger partial charge in [0.05, 0.1) is 0 Å². The van der Waals surface area contributed by atoms with Crippen LogP contribution in [0.25, 0.3) is 72.1 Å². The standard InChI is InChI=1S/C69H57N4O.Pt/c1-46-30-32-49(33-31-46)60-44-70-66(43-61(60)69(5,6)7)73-62-27-12-11-24-58(62)59-39-38-55(42-65(59)73)74-54-23-16-22-53(41-54)71-45-72(64-29-14-13-28-63(64)71)67-56(48-34-36-52(37-35-48)68(2,3)4)25-17-26-57(67)51-21-15-20-50(40-51)47-18-9-8-10-19-47;/h8-40,43-45H,1-7H3;/q-3;. The van der Waals surface area contributed by atoms with Gasteiger partial charge in [0.1, 0.15) is 5.82 Å². The summed E-state index contributed by atoms with van der Waals surface area (Å²) in [5.41, 5.74) is 18.8. The Bertz CT molecular complexity index is 3880. The van der Waals surface area contributed by atoms with Gasteiger partial charge in [0.25, 0.3) is 0 Å². The number of pyridine rings is 1. The molecular weight excluding hydrogens is 1100 g/mol. The summed E-state index contributed by atoms with van der Waals surface area (Å²) in [6.07, 6.45) is 2.03. The van der Waals surface area contributed by atoms with Crippen molar-refractivity contribution in [3.63, 3.8) is 0 Å². The van der Waals surface area contributed by atoms with Crippen LogP contribution in [0.15, 0.2) is 212 Å². The van der Waals surface area contributed by atoms with E-state index < -0.39 is 0 Å². The molecule has 0 N–H and O–H groups in total. The van der Waals surface area contributed by atoms with E-state index in [4.69, 9.17) is 9.72 Å². The Labute approximate surface area is 456 Å². The van der Waals surface area contributed by atoms with Crippen molar-refractivity contribution >= 4 is 44.6 Å². The van der Waals surface area contributed by atoms with E-state index in [0.29, 0.717) is 11.5 Å². The molecule has 3 heterocycles. The number of aromatic nitrogens is 2. The number of rotatable bonds is 9. The number of para-hydroxylation sites is 4. The SMILES string of the molecule is Cc1ccc(-c2cnc(-n3c4[c-]c(Oc5[c-]c(N6[CH-]N(c7c(-c8ccc(C(C)(C)C)cc8)cccc7-c7cccc(-c8ccccc8)c7)c7ccccc76)ccc5)ccc4c4ccccc43)cc2C(C)(C)C)cc1.[Pt]. The molecule has 0 spiro atoms. The molecule has 0 aliphatic carbocycles. The molecule has 0 saturated carbocycles. The van der Waals surface area contributed by atoms with E-state index in [0.717, 1.165) is 83.8 Å². The van der Waals surface area contributed by atoms with Crippen LogP contribution < -0.4 is 14.5 Å². The second-order valence-corrected chi connectivity index (χ2v) is 21.5. The van der Waals surface area contributed by atoms with Gasteiger partial charge < -0.3 is 19.1 Å². The van der Waals surface area contributed by atoms with Crippen molar-refractivity contribution in [1.29, 1.82) is 0 Å². The van der Waals surface area contributed by atoms with E-state index in [9.17, 15) is 0 Å². The molecule has 6 heteroatoms. The average Bonchev–Trinajstić information content (AvgIpc) is 3.97. The predicted molar refractivity (Wildman–Crippen MR) is 308 cm³/mol. The van der Waals surface area contributed by atoms with Gasteiger partial charge in [0.15, 0.2) is 0 Å². The number of hydrogen-bond acceptors (Lipinski definition) is 4. The van der Waals surface area contributed by atoms with E-state index in [1.165, 1.54) is 27.8 Å². The summed E-state index contributed by atoms with van der Waals surface area (Å²) in [6.45, 7) is 17.9. The Hall–Kier alpha value is -7.98. The van der Waals surface area contributed by atoms with Gasteiger partial charge in [0.2, 0.25) is 0 Å². The van der Waals surface area contributed by atoms with Crippen LogP contribution in [0.2, 0.25) is 0 Å². The van der Waals surface area contributed by atoms with Crippen LogP contribution >= 0.6 is 0 Å². The largest absolute Gasteiger partial charge is 0.509 e. The maximum Gasteiger partial charge on any atom is 0.135 e. The van der Waals surface area contributed by atoms with E-state index in [1.54, 1.807) is 0 Å². The second kappa shape index (κ2) is 19.7. The number of aryl methyl sites for hydroxylation is 1. The summed E-state index contributed by atoms with van der Waals surface area (Å²) in [7, 11) is 0. The Morgan fingerprint density at radius 1 is 0.480 bits per heavy atom. The first-order chi connectivity index (χ1) is 35.9. The van der Waals surface area contributed by atoms with Gasteiger partial charge >= 0.3 is 0 Å². The van der Waals surface area contributed by atoms with E-state index >= 15 is 0 Å².